The summed E-state index contributed by atoms with van der Waals surface area (Å²) in [6.45, 7) is 1.81. The molecule has 0 radical (unpaired) electrons. The van der Waals surface area contributed by atoms with Gasteiger partial charge in [-0.05, 0) is 30.2 Å². The van der Waals surface area contributed by atoms with Crippen LogP contribution in [0.15, 0.2) is 10.5 Å². The van der Waals surface area contributed by atoms with Gasteiger partial charge in [-0.25, -0.2) is 0 Å². The molecule has 0 aliphatic heterocycles. The predicted molar refractivity (Wildman–Crippen MR) is 53.8 cm³/mol. The van der Waals surface area contributed by atoms with Crippen molar-refractivity contribution < 1.29 is 4.42 Å². The molecular weight excluding hydrogens is 232 g/mol. The Morgan fingerprint density at radius 2 is 2.00 bits per heavy atom. The van der Waals surface area contributed by atoms with E-state index in [9.17, 15) is 0 Å². The Balaban J connectivity index is 2.92. The molecule has 0 saturated heterocycles. The third-order valence-corrected chi connectivity index (χ3v) is 2.79. The highest BCUT2D eigenvalue weighted by atomic mass is 35.5. The van der Waals surface area contributed by atoms with Crippen molar-refractivity contribution in [3.05, 3.63) is 27.0 Å². The first-order chi connectivity index (χ1) is 6.09. The van der Waals surface area contributed by atoms with Gasteiger partial charge in [-0.1, -0.05) is 23.2 Å². The van der Waals surface area contributed by atoms with E-state index in [-0.39, 0.29) is 5.35 Å². The molecule has 0 N–H and O–H groups in total. The highest BCUT2D eigenvalue weighted by molar-refractivity contribution is 6.39. The summed E-state index contributed by atoms with van der Waals surface area (Å²) in [6, 6.07) is 1.67. The van der Waals surface area contributed by atoms with Crippen molar-refractivity contribution in [2.45, 2.75) is 6.92 Å². The first-order valence-electron chi connectivity index (χ1n) is 3.50. The first kappa shape index (κ1) is 9.13. The van der Waals surface area contributed by atoms with E-state index in [0.29, 0.717) is 21.1 Å². The summed E-state index contributed by atoms with van der Waals surface area (Å²) < 4.78 is 5.10. The molecule has 0 amide bonds. The molecule has 0 fully saturated rings. The molecule has 0 bridgehead atoms. The molecule has 0 atom stereocenters. The lowest BCUT2D eigenvalue weighted by molar-refractivity contribution is 0.604. The lowest BCUT2D eigenvalue weighted by Crippen LogP contribution is -1.78. The van der Waals surface area contributed by atoms with Crippen LogP contribution >= 0.6 is 34.8 Å². The normalized spacial score (nSPS) is 11.1. The van der Waals surface area contributed by atoms with Crippen LogP contribution in [-0.4, -0.2) is 4.98 Å². The van der Waals surface area contributed by atoms with Gasteiger partial charge in [0, 0.05) is 5.02 Å². The summed E-state index contributed by atoms with van der Waals surface area (Å²) in [5, 5.41) is 1.09. The van der Waals surface area contributed by atoms with Crippen LogP contribution in [0.1, 0.15) is 5.56 Å². The Labute approximate surface area is 89.4 Å². The maximum atomic E-state index is 5.97. The van der Waals surface area contributed by atoms with Gasteiger partial charge < -0.3 is 4.42 Å². The zero-order valence-electron chi connectivity index (χ0n) is 6.57. The molecule has 0 unspecified atom stereocenters. The van der Waals surface area contributed by atoms with Gasteiger partial charge >= 0.3 is 0 Å². The molecule has 1 aromatic heterocycles. The van der Waals surface area contributed by atoms with Crippen molar-refractivity contribution in [2.75, 3.05) is 0 Å². The summed E-state index contributed by atoms with van der Waals surface area (Å²) in [5.74, 6) is 0. The molecule has 68 valence electrons. The minimum absolute atomic E-state index is 0.0681. The van der Waals surface area contributed by atoms with E-state index in [1.54, 1.807) is 13.0 Å². The van der Waals surface area contributed by atoms with Gasteiger partial charge in [0.15, 0.2) is 5.58 Å². The third-order valence-electron chi connectivity index (χ3n) is 1.78. The lowest BCUT2D eigenvalue weighted by Gasteiger charge is -1.99. The van der Waals surface area contributed by atoms with E-state index >= 15 is 0 Å². The first-order valence-corrected chi connectivity index (χ1v) is 4.63. The molecular formula is C8H4Cl3NO. The Bertz CT molecular complexity index is 478. The number of fused-ring (bicyclic) bond motifs is 1. The van der Waals surface area contributed by atoms with Crippen LogP contribution in [0.2, 0.25) is 15.4 Å². The molecule has 5 heteroatoms. The molecule has 13 heavy (non-hydrogen) atoms. The van der Waals surface area contributed by atoms with Gasteiger partial charge in [0.1, 0.15) is 5.52 Å². The van der Waals surface area contributed by atoms with Gasteiger partial charge in [0.05, 0.1) is 5.02 Å². The van der Waals surface area contributed by atoms with Crippen molar-refractivity contribution in [1.29, 1.82) is 0 Å². The molecule has 0 saturated carbocycles. The van der Waals surface area contributed by atoms with E-state index in [0.717, 1.165) is 5.56 Å². The van der Waals surface area contributed by atoms with Crippen molar-refractivity contribution in [2.24, 2.45) is 0 Å². The van der Waals surface area contributed by atoms with E-state index in [2.05, 4.69) is 4.98 Å². The smallest absolute Gasteiger partial charge is 0.293 e. The number of benzene rings is 1. The molecule has 0 aliphatic rings. The van der Waals surface area contributed by atoms with Crippen LogP contribution in [0.3, 0.4) is 0 Å². The number of hydrogen-bond donors (Lipinski definition) is 0. The van der Waals surface area contributed by atoms with Crippen LogP contribution in [0.4, 0.5) is 0 Å². The number of nitrogens with zero attached hydrogens (tertiary/aromatic N) is 1. The standard InChI is InChI=1S/C8H4Cl3NO/c1-3-4(9)2-5-7(6(3)10)13-8(11)12-5/h2H,1H3. The largest absolute Gasteiger partial charge is 0.426 e. The van der Waals surface area contributed by atoms with Gasteiger partial charge in [-0.2, -0.15) is 4.98 Å². The quantitative estimate of drug-likeness (QED) is 0.688. The molecule has 0 aliphatic carbocycles. The zero-order valence-corrected chi connectivity index (χ0v) is 8.83. The number of hydrogen-bond acceptors (Lipinski definition) is 2. The molecule has 1 heterocycles. The lowest BCUT2D eigenvalue weighted by atomic mass is 10.2. The highest BCUT2D eigenvalue weighted by Crippen LogP contribution is 2.33. The number of aromatic nitrogens is 1. The summed E-state index contributed by atoms with van der Waals surface area (Å²) in [5.41, 5.74) is 1.82. The maximum absolute atomic E-state index is 5.97. The molecule has 0 spiro atoms. The number of oxazole rings is 1. The van der Waals surface area contributed by atoms with Crippen LogP contribution in [0.25, 0.3) is 11.1 Å². The van der Waals surface area contributed by atoms with E-state index in [1.807, 2.05) is 0 Å². The second-order valence-corrected chi connectivity index (χ2v) is 3.72. The molecule has 2 aromatic rings. The average Bonchev–Trinajstić information content (AvgIpc) is 2.42. The summed E-state index contributed by atoms with van der Waals surface area (Å²) >= 11 is 17.4. The fourth-order valence-electron chi connectivity index (χ4n) is 1.06. The Hall–Kier alpha value is -0.440. The maximum Gasteiger partial charge on any atom is 0.293 e. The Morgan fingerprint density at radius 3 is 2.69 bits per heavy atom. The fourth-order valence-corrected chi connectivity index (χ4v) is 1.71. The fraction of sp³-hybridized carbons (Fsp3) is 0.125. The second kappa shape index (κ2) is 3.05. The van der Waals surface area contributed by atoms with Crippen molar-refractivity contribution in [3.63, 3.8) is 0 Å². The van der Waals surface area contributed by atoms with E-state index in [4.69, 9.17) is 39.2 Å². The van der Waals surface area contributed by atoms with Crippen molar-refractivity contribution in [3.8, 4) is 0 Å². The van der Waals surface area contributed by atoms with Crippen LogP contribution < -0.4 is 0 Å². The van der Waals surface area contributed by atoms with Gasteiger partial charge in [0.25, 0.3) is 5.35 Å². The SMILES string of the molecule is Cc1c(Cl)cc2nc(Cl)oc2c1Cl. The molecule has 1 aromatic carbocycles. The molecule has 2 rings (SSSR count). The second-order valence-electron chi connectivity index (χ2n) is 2.61. The third kappa shape index (κ3) is 1.39. The predicted octanol–water partition coefficient (Wildman–Crippen LogP) is 4.10. The van der Waals surface area contributed by atoms with Crippen LogP contribution in [0.5, 0.6) is 0 Å². The number of rotatable bonds is 0. The summed E-state index contributed by atoms with van der Waals surface area (Å²) in [6.07, 6.45) is 0. The number of halogens is 3. The Morgan fingerprint density at radius 1 is 1.31 bits per heavy atom. The topological polar surface area (TPSA) is 26.0 Å². The van der Waals surface area contributed by atoms with Crippen LogP contribution in [-0.2, 0) is 0 Å². The highest BCUT2D eigenvalue weighted by Gasteiger charge is 2.12. The van der Waals surface area contributed by atoms with Crippen LogP contribution in [0, 0.1) is 6.92 Å². The minimum atomic E-state index is 0.0681. The van der Waals surface area contributed by atoms with Crippen molar-refractivity contribution >= 4 is 45.9 Å². The van der Waals surface area contributed by atoms with Crippen molar-refractivity contribution in [1.82, 2.24) is 4.98 Å². The summed E-state index contributed by atoms with van der Waals surface area (Å²) in [7, 11) is 0. The molecule has 2 nitrogen and oxygen atoms in total. The van der Waals surface area contributed by atoms with E-state index in [1.165, 1.54) is 0 Å². The van der Waals surface area contributed by atoms with Gasteiger partial charge in [-0.15, -0.1) is 0 Å². The zero-order chi connectivity index (χ0) is 9.59. The Kier molecular flexibility index (Phi) is 2.14. The van der Waals surface area contributed by atoms with Gasteiger partial charge in [0.2, 0.25) is 0 Å². The minimum Gasteiger partial charge on any atom is -0.426 e. The monoisotopic (exact) mass is 235 g/mol. The summed E-state index contributed by atoms with van der Waals surface area (Å²) in [4.78, 5) is 3.91. The van der Waals surface area contributed by atoms with E-state index < -0.39 is 0 Å². The van der Waals surface area contributed by atoms with Gasteiger partial charge in [-0.3, -0.25) is 0 Å². The average molecular weight is 236 g/mol.